The Morgan fingerprint density at radius 3 is 2.42 bits per heavy atom. The Hall–Kier alpha value is -0.820. The second-order valence-electron chi connectivity index (χ2n) is 6.74. The molecule has 1 aromatic rings. The molecule has 0 bridgehead atoms. The van der Waals surface area contributed by atoms with E-state index in [2.05, 4.69) is 41.8 Å². The number of likely N-dealkylation sites (tertiary alicyclic amines) is 1. The van der Waals surface area contributed by atoms with Gasteiger partial charge in [0, 0.05) is 34.2 Å². The van der Waals surface area contributed by atoms with Gasteiger partial charge in [0.1, 0.15) is 0 Å². The van der Waals surface area contributed by atoms with Crippen LogP contribution in [0.4, 0.5) is 0 Å². The summed E-state index contributed by atoms with van der Waals surface area (Å²) >= 11 is 8.14. The molecule has 1 aliphatic heterocycles. The molecule has 4 nitrogen and oxygen atoms in total. The number of carbonyl (C=O) groups is 2. The largest absolute Gasteiger partial charge is 0.353 e. The van der Waals surface area contributed by atoms with Gasteiger partial charge < -0.3 is 10.2 Å². The number of hydrogen-bond acceptors (Lipinski definition) is 2. The van der Waals surface area contributed by atoms with Gasteiger partial charge in [-0.1, -0.05) is 25.4 Å². The molecule has 6 heteroatoms. The number of rotatable bonds is 4. The van der Waals surface area contributed by atoms with Gasteiger partial charge in [-0.05, 0) is 66.5 Å². The van der Waals surface area contributed by atoms with E-state index in [0.29, 0.717) is 42.4 Å². The second kappa shape index (κ2) is 8.52. The fraction of sp³-hybridized carbons (Fsp3) is 0.556. The van der Waals surface area contributed by atoms with Crippen molar-refractivity contribution in [2.24, 2.45) is 11.8 Å². The summed E-state index contributed by atoms with van der Waals surface area (Å²) in [5.41, 5.74) is 0.653. The zero-order chi connectivity index (χ0) is 17.9. The summed E-state index contributed by atoms with van der Waals surface area (Å²) in [6.07, 6.45) is 1.43. The molecule has 0 aliphatic carbocycles. The predicted molar refractivity (Wildman–Crippen MR) is 105 cm³/mol. The lowest BCUT2D eigenvalue weighted by molar-refractivity contribution is -0.127. The monoisotopic (exact) mass is 462 g/mol. The van der Waals surface area contributed by atoms with E-state index in [1.54, 1.807) is 12.1 Å². The smallest absolute Gasteiger partial charge is 0.253 e. The van der Waals surface area contributed by atoms with E-state index in [0.717, 1.165) is 3.57 Å². The van der Waals surface area contributed by atoms with Crippen LogP contribution in [0.3, 0.4) is 0 Å². The van der Waals surface area contributed by atoms with Crippen LogP contribution in [0.5, 0.6) is 0 Å². The highest BCUT2D eigenvalue weighted by atomic mass is 127. The van der Waals surface area contributed by atoms with Crippen LogP contribution in [-0.2, 0) is 4.79 Å². The maximum atomic E-state index is 12.6. The molecule has 1 atom stereocenters. The van der Waals surface area contributed by atoms with Gasteiger partial charge in [0.05, 0.1) is 5.02 Å². The maximum absolute atomic E-state index is 12.6. The number of nitrogens with one attached hydrogen (secondary N) is 1. The van der Waals surface area contributed by atoms with Gasteiger partial charge in [0.15, 0.2) is 0 Å². The molecule has 0 spiro atoms. The number of hydrogen-bond donors (Lipinski definition) is 1. The number of amides is 2. The van der Waals surface area contributed by atoms with Crippen molar-refractivity contribution in [3.8, 4) is 0 Å². The van der Waals surface area contributed by atoms with E-state index in [4.69, 9.17) is 11.6 Å². The molecule has 2 rings (SSSR count). The van der Waals surface area contributed by atoms with Crippen molar-refractivity contribution in [2.75, 3.05) is 13.1 Å². The van der Waals surface area contributed by atoms with Crippen LogP contribution in [0.15, 0.2) is 18.2 Å². The zero-order valence-electron chi connectivity index (χ0n) is 14.3. The summed E-state index contributed by atoms with van der Waals surface area (Å²) < 4.78 is 0.872. The SMILES string of the molecule is CC(C)C(C)NC(=O)C1CCN(C(=O)c2ccc(Cl)c(I)c2)CC1. The molecular formula is C18H24ClIN2O2. The van der Waals surface area contributed by atoms with E-state index in [-0.39, 0.29) is 23.8 Å². The van der Waals surface area contributed by atoms with Crippen LogP contribution in [0, 0.1) is 15.4 Å². The van der Waals surface area contributed by atoms with Crippen molar-refractivity contribution < 1.29 is 9.59 Å². The van der Waals surface area contributed by atoms with E-state index >= 15 is 0 Å². The fourth-order valence-electron chi connectivity index (χ4n) is 2.67. The lowest BCUT2D eigenvalue weighted by atomic mass is 9.94. The molecule has 1 aliphatic rings. The third-order valence-corrected chi connectivity index (χ3v) is 6.23. The average molecular weight is 463 g/mol. The van der Waals surface area contributed by atoms with Crippen LogP contribution in [-0.4, -0.2) is 35.8 Å². The highest BCUT2D eigenvalue weighted by molar-refractivity contribution is 14.1. The number of nitrogens with zero attached hydrogens (tertiary/aromatic N) is 1. The molecule has 1 unspecified atom stereocenters. The molecule has 132 valence electrons. The third-order valence-electron chi connectivity index (χ3n) is 4.69. The van der Waals surface area contributed by atoms with Crippen molar-refractivity contribution in [1.29, 1.82) is 0 Å². The van der Waals surface area contributed by atoms with Gasteiger partial charge >= 0.3 is 0 Å². The summed E-state index contributed by atoms with van der Waals surface area (Å²) in [6, 6.07) is 5.50. The Balaban J connectivity index is 1.91. The summed E-state index contributed by atoms with van der Waals surface area (Å²) in [6.45, 7) is 7.46. The van der Waals surface area contributed by atoms with Crippen LogP contribution in [0.1, 0.15) is 44.0 Å². The second-order valence-corrected chi connectivity index (χ2v) is 8.31. The quantitative estimate of drug-likeness (QED) is 0.689. The lowest BCUT2D eigenvalue weighted by Gasteiger charge is -2.32. The topological polar surface area (TPSA) is 49.4 Å². The van der Waals surface area contributed by atoms with Gasteiger partial charge in [-0.15, -0.1) is 0 Å². The Morgan fingerprint density at radius 1 is 1.25 bits per heavy atom. The molecule has 0 radical (unpaired) electrons. The van der Waals surface area contributed by atoms with E-state index < -0.39 is 0 Å². The first-order valence-corrected chi connectivity index (χ1v) is 9.80. The Kier molecular flexibility index (Phi) is 6.92. The van der Waals surface area contributed by atoms with Crippen molar-refractivity contribution in [2.45, 2.75) is 39.7 Å². The Labute approximate surface area is 162 Å². The van der Waals surface area contributed by atoms with E-state index in [9.17, 15) is 9.59 Å². The number of halogens is 2. The van der Waals surface area contributed by atoms with Crippen LogP contribution in [0.25, 0.3) is 0 Å². The van der Waals surface area contributed by atoms with Crippen molar-refractivity contribution in [3.63, 3.8) is 0 Å². The standard InChI is InChI=1S/C18H24ClIN2O2/c1-11(2)12(3)21-17(23)13-6-8-22(9-7-13)18(24)14-4-5-15(19)16(20)10-14/h4-5,10-13H,6-9H2,1-3H3,(H,21,23). The Morgan fingerprint density at radius 2 is 1.88 bits per heavy atom. The summed E-state index contributed by atoms with van der Waals surface area (Å²) in [7, 11) is 0. The molecule has 0 aromatic heterocycles. The summed E-state index contributed by atoms with van der Waals surface area (Å²) in [4.78, 5) is 26.7. The van der Waals surface area contributed by atoms with Gasteiger partial charge in [0.2, 0.25) is 5.91 Å². The van der Waals surface area contributed by atoms with Gasteiger partial charge in [0.25, 0.3) is 5.91 Å². The molecule has 1 fully saturated rings. The first-order valence-electron chi connectivity index (χ1n) is 8.34. The molecule has 24 heavy (non-hydrogen) atoms. The minimum absolute atomic E-state index is 0.000559. The van der Waals surface area contributed by atoms with Crippen molar-refractivity contribution in [3.05, 3.63) is 32.4 Å². The summed E-state index contributed by atoms with van der Waals surface area (Å²) in [5.74, 6) is 0.548. The van der Waals surface area contributed by atoms with Gasteiger partial charge in [-0.3, -0.25) is 9.59 Å². The molecule has 1 aromatic carbocycles. The number of piperidine rings is 1. The molecule has 1 saturated heterocycles. The first kappa shape index (κ1) is 19.5. The molecule has 2 amide bonds. The van der Waals surface area contributed by atoms with Crippen LogP contribution >= 0.6 is 34.2 Å². The van der Waals surface area contributed by atoms with Gasteiger partial charge in [-0.2, -0.15) is 0 Å². The zero-order valence-corrected chi connectivity index (χ0v) is 17.2. The molecule has 0 saturated carbocycles. The minimum Gasteiger partial charge on any atom is -0.353 e. The average Bonchev–Trinajstić information content (AvgIpc) is 2.56. The third kappa shape index (κ3) is 4.85. The van der Waals surface area contributed by atoms with Crippen LogP contribution in [0.2, 0.25) is 5.02 Å². The molecule has 1 heterocycles. The predicted octanol–water partition coefficient (Wildman–Crippen LogP) is 3.96. The summed E-state index contributed by atoms with van der Waals surface area (Å²) in [5, 5.41) is 3.73. The maximum Gasteiger partial charge on any atom is 0.253 e. The van der Waals surface area contributed by atoms with Crippen molar-refractivity contribution >= 4 is 46.0 Å². The molecule has 1 N–H and O–H groups in total. The normalized spacial score (nSPS) is 17.0. The highest BCUT2D eigenvalue weighted by Gasteiger charge is 2.28. The Bertz CT molecular complexity index is 613. The van der Waals surface area contributed by atoms with Crippen LogP contribution < -0.4 is 5.32 Å². The minimum atomic E-state index is 0.000559. The molecular weight excluding hydrogens is 439 g/mol. The number of carbonyl (C=O) groups excluding carboxylic acids is 2. The first-order chi connectivity index (χ1) is 11.3. The lowest BCUT2D eigenvalue weighted by Crippen LogP contribution is -2.45. The van der Waals surface area contributed by atoms with E-state index in [1.807, 2.05) is 17.9 Å². The fourth-order valence-corrected chi connectivity index (χ4v) is 3.30. The number of benzene rings is 1. The highest BCUT2D eigenvalue weighted by Crippen LogP contribution is 2.23. The van der Waals surface area contributed by atoms with Gasteiger partial charge in [-0.25, -0.2) is 0 Å². The van der Waals surface area contributed by atoms with E-state index in [1.165, 1.54) is 0 Å². The van der Waals surface area contributed by atoms with Crippen molar-refractivity contribution in [1.82, 2.24) is 10.2 Å².